The quantitative estimate of drug-likeness (QED) is 0.233. The summed E-state index contributed by atoms with van der Waals surface area (Å²) < 4.78 is 9.86. The van der Waals surface area contributed by atoms with Gasteiger partial charge in [0.2, 0.25) is 6.29 Å². The number of esters is 2. The molecule has 1 atom stereocenters. The topological polar surface area (TPSA) is 93.1 Å². The molecule has 0 aromatic rings. The van der Waals surface area contributed by atoms with Gasteiger partial charge in [0.15, 0.2) is 0 Å². The van der Waals surface area contributed by atoms with Crippen LogP contribution >= 0.6 is 0 Å². The Balaban J connectivity index is 3.96. The van der Waals surface area contributed by atoms with Gasteiger partial charge in [0.05, 0.1) is 6.10 Å². The van der Waals surface area contributed by atoms with Gasteiger partial charge in [0.25, 0.3) is 0 Å². The van der Waals surface area contributed by atoms with Crippen LogP contribution in [0.15, 0.2) is 25.3 Å². The molecule has 0 saturated heterocycles. The third kappa shape index (κ3) is 11.0. The van der Waals surface area contributed by atoms with Gasteiger partial charge in [-0.15, -0.1) is 0 Å². The average molecular weight is 314 g/mol. The van der Waals surface area contributed by atoms with Crippen LogP contribution in [0.5, 0.6) is 0 Å². The summed E-state index contributed by atoms with van der Waals surface area (Å²) in [7, 11) is 0. The van der Waals surface area contributed by atoms with Crippen LogP contribution in [0.2, 0.25) is 0 Å². The van der Waals surface area contributed by atoms with Crippen LogP contribution in [-0.4, -0.2) is 41.2 Å². The highest BCUT2D eigenvalue weighted by atomic mass is 16.7. The first kappa shape index (κ1) is 20.3. The van der Waals surface area contributed by atoms with Crippen molar-refractivity contribution in [2.45, 2.75) is 57.3 Å². The monoisotopic (exact) mass is 314 g/mol. The van der Waals surface area contributed by atoms with Crippen LogP contribution in [0.25, 0.3) is 0 Å². The fourth-order valence-corrected chi connectivity index (χ4v) is 1.84. The molecule has 0 radical (unpaired) electrons. The van der Waals surface area contributed by atoms with E-state index in [-0.39, 0.29) is 6.61 Å². The van der Waals surface area contributed by atoms with Gasteiger partial charge in [-0.2, -0.15) is 0 Å². The van der Waals surface area contributed by atoms with Crippen molar-refractivity contribution >= 4 is 11.9 Å². The number of aliphatic hydroxyl groups is 2. The van der Waals surface area contributed by atoms with E-state index in [4.69, 9.17) is 14.6 Å². The Bertz CT molecular complexity index is 331. The summed E-state index contributed by atoms with van der Waals surface area (Å²) in [4.78, 5) is 22.3. The molecule has 0 heterocycles. The van der Waals surface area contributed by atoms with Gasteiger partial charge in [-0.1, -0.05) is 26.0 Å². The van der Waals surface area contributed by atoms with Gasteiger partial charge in [-0.25, -0.2) is 9.59 Å². The highest BCUT2D eigenvalue weighted by Gasteiger charge is 2.16. The predicted octanol–water partition coefficient (Wildman–Crippen LogP) is 1.85. The van der Waals surface area contributed by atoms with Crippen molar-refractivity contribution in [3.8, 4) is 0 Å². The fraction of sp³-hybridized carbons (Fsp3) is 0.625. The zero-order chi connectivity index (χ0) is 16.8. The Morgan fingerprint density at radius 2 is 1.41 bits per heavy atom. The number of hydrogen-bond acceptors (Lipinski definition) is 6. The molecule has 0 spiro atoms. The van der Waals surface area contributed by atoms with Gasteiger partial charge < -0.3 is 19.7 Å². The molecule has 0 bridgehead atoms. The van der Waals surface area contributed by atoms with Crippen LogP contribution in [0.1, 0.15) is 44.9 Å². The Morgan fingerprint density at radius 3 is 1.91 bits per heavy atom. The minimum absolute atomic E-state index is 0.0854. The van der Waals surface area contributed by atoms with Gasteiger partial charge >= 0.3 is 11.9 Å². The van der Waals surface area contributed by atoms with E-state index in [2.05, 4.69) is 13.2 Å². The number of ether oxygens (including phenoxy) is 2. The summed E-state index contributed by atoms with van der Waals surface area (Å²) in [5.74, 6) is -1.30. The molecule has 6 heteroatoms. The molecule has 0 amide bonds. The van der Waals surface area contributed by atoms with Crippen molar-refractivity contribution in [1.29, 1.82) is 0 Å². The zero-order valence-electron chi connectivity index (χ0n) is 12.9. The van der Waals surface area contributed by atoms with E-state index < -0.39 is 24.3 Å². The minimum Gasteiger partial charge on any atom is -0.422 e. The molecule has 22 heavy (non-hydrogen) atoms. The summed E-state index contributed by atoms with van der Waals surface area (Å²) >= 11 is 0. The maximum Gasteiger partial charge on any atom is 0.333 e. The first-order valence-corrected chi connectivity index (χ1v) is 7.48. The Kier molecular flexibility index (Phi) is 12.1. The molecule has 0 rings (SSSR count). The SMILES string of the molecule is C=CC(=O)OC(CCCCCC(O)CCCO)OC(=O)C=C. The van der Waals surface area contributed by atoms with Crippen molar-refractivity contribution < 1.29 is 29.3 Å². The van der Waals surface area contributed by atoms with Crippen LogP contribution < -0.4 is 0 Å². The maximum absolute atomic E-state index is 11.2. The van der Waals surface area contributed by atoms with E-state index in [9.17, 15) is 14.7 Å². The van der Waals surface area contributed by atoms with E-state index in [1.54, 1.807) is 0 Å². The Labute approximate surface area is 131 Å². The number of carbonyl (C=O) groups excluding carboxylic acids is 2. The van der Waals surface area contributed by atoms with Gasteiger partial charge in [0.1, 0.15) is 0 Å². The lowest BCUT2D eigenvalue weighted by atomic mass is 10.1. The van der Waals surface area contributed by atoms with Gasteiger partial charge in [-0.05, 0) is 25.7 Å². The van der Waals surface area contributed by atoms with Crippen LogP contribution in [-0.2, 0) is 19.1 Å². The molecule has 1 unspecified atom stereocenters. The second kappa shape index (κ2) is 13.0. The second-order valence-electron chi connectivity index (χ2n) is 4.87. The largest absolute Gasteiger partial charge is 0.422 e. The molecule has 126 valence electrons. The van der Waals surface area contributed by atoms with E-state index in [1.165, 1.54) is 0 Å². The standard InChI is InChI=1S/C16H26O6/c1-3-14(19)21-16(22-15(20)4-2)11-7-5-6-9-13(18)10-8-12-17/h3-4,13,16-18H,1-2,5-12H2. The van der Waals surface area contributed by atoms with Gasteiger partial charge in [-0.3, -0.25) is 0 Å². The normalized spacial score (nSPS) is 11.8. The molecular formula is C16H26O6. The van der Waals surface area contributed by atoms with E-state index >= 15 is 0 Å². The van der Waals surface area contributed by atoms with Crippen molar-refractivity contribution in [2.24, 2.45) is 0 Å². The lowest BCUT2D eigenvalue weighted by Gasteiger charge is -2.16. The van der Waals surface area contributed by atoms with Crippen molar-refractivity contribution in [1.82, 2.24) is 0 Å². The van der Waals surface area contributed by atoms with Crippen molar-refractivity contribution in [3.05, 3.63) is 25.3 Å². The highest BCUT2D eigenvalue weighted by Crippen LogP contribution is 2.13. The molecule has 0 aromatic heterocycles. The van der Waals surface area contributed by atoms with Gasteiger partial charge in [0, 0.05) is 25.2 Å². The maximum atomic E-state index is 11.2. The van der Waals surface area contributed by atoms with Crippen LogP contribution in [0, 0.1) is 0 Å². The summed E-state index contributed by atoms with van der Waals surface area (Å²) in [6.45, 7) is 6.66. The van der Waals surface area contributed by atoms with Crippen LogP contribution in [0.4, 0.5) is 0 Å². The molecule has 0 aliphatic rings. The highest BCUT2D eigenvalue weighted by molar-refractivity contribution is 5.82. The third-order valence-corrected chi connectivity index (χ3v) is 3.00. The number of carbonyl (C=O) groups is 2. The molecule has 0 fully saturated rings. The predicted molar refractivity (Wildman–Crippen MR) is 81.8 cm³/mol. The lowest BCUT2D eigenvalue weighted by Crippen LogP contribution is -2.23. The summed E-state index contributed by atoms with van der Waals surface area (Å²) in [6, 6.07) is 0. The molecule has 0 aliphatic carbocycles. The summed E-state index contributed by atoms with van der Waals surface area (Å²) in [5, 5.41) is 18.3. The second-order valence-corrected chi connectivity index (χ2v) is 4.87. The van der Waals surface area contributed by atoms with E-state index in [0.717, 1.165) is 25.0 Å². The Hall–Kier alpha value is -1.66. The summed E-state index contributed by atoms with van der Waals surface area (Å²) in [6.07, 6.45) is 5.19. The smallest absolute Gasteiger partial charge is 0.333 e. The molecule has 2 N–H and O–H groups in total. The average Bonchev–Trinajstić information content (AvgIpc) is 2.51. The summed E-state index contributed by atoms with van der Waals surface area (Å²) in [5.41, 5.74) is 0. The number of aliphatic hydroxyl groups excluding tert-OH is 2. The lowest BCUT2D eigenvalue weighted by molar-refractivity contribution is -0.182. The molecule has 6 nitrogen and oxygen atoms in total. The first-order valence-electron chi connectivity index (χ1n) is 7.48. The van der Waals surface area contributed by atoms with E-state index in [0.29, 0.717) is 32.1 Å². The number of unbranched alkanes of at least 4 members (excludes halogenated alkanes) is 2. The van der Waals surface area contributed by atoms with E-state index in [1.807, 2.05) is 0 Å². The number of rotatable bonds is 13. The molecule has 0 aliphatic heterocycles. The van der Waals surface area contributed by atoms with Crippen molar-refractivity contribution in [3.63, 3.8) is 0 Å². The first-order chi connectivity index (χ1) is 10.5. The molecule has 0 aromatic carbocycles. The zero-order valence-corrected chi connectivity index (χ0v) is 12.9. The fourth-order valence-electron chi connectivity index (χ4n) is 1.84. The molecule has 0 saturated carbocycles. The van der Waals surface area contributed by atoms with Crippen molar-refractivity contribution in [2.75, 3.05) is 6.61 Å². The number of hydrogen-bond donors (Lipinski definition) is 2. The van der Waals surface area contributed by atoms with Crippen LogP contribution in [0.3, 0.4) is 0 Å². The Morgan fingerprint density at radius 1 is 0.909 bits per heavy atom. The third-order valence-electron chi connectivity index (χ3n) is 3.00. The minimum atomic E-state index is -0.949. The molecular weight excluding hydrogens is 288 g/mol.